The number of fused-ring (bicyclic) bond motifs is 1. The van der Waals surface area contributed by atoms with Crippen LogP contribution in [0.5, 0.6) is 0 Å². The Morgan fingerprint density at radius 3 is 2.48 bits per heavy atom. The number of halogens is 3. The number of hydrogen-bond donors (Lipinski definition) is 0. The van der Waals surface area contributed by atoms with E-state index in [1.807, 2.05) is 0 Å². The van der Waals surface area contributed by atoms with Gasteiger partial charge < -0.3 is 4.90 Å². The lowest BCUT2D eigenvalue weighted by atomic mass is 10.1. The fourth-order valence-electron chi connectivity index (χ4n) is 3.03. The Morgan fingerprint density at radius 2 is 1.85 bits per heavy atom. The average Bonchev–Trinajstić information content (AvgIpc) is 3.03. The lowest BCUT2D eigenvalue weighted by Gasteiger charge is -2.21. The summed E-state index contributed by atoms with van der Waals surface area (Å²) in [6, 6.07) is 9.16. The van der Waals surface area contributed by atoms with Gasteiger partial charge in [0.1, 0.15) is 0 Å². The van der Waals surface area contributed by atoms with Crippen molar-refractivity contribution in [2.45, 2.75) is 12.6 Å². The summed E-state index contributed by atoms with van der Waals surface area (Å²) in [6.07, 6.45) is -2.88. The molecule has 0 aliphatic carbocycles. The van der Waals surface area contributed by atoms with Crippen molar-refractivity contribution in [3.05, 3.63) is 59.2 Å². The molecule has 0 bridgehead atoms. The van der Waals surface area contributed by atoms with Crippen LogP contribution in [0.2, 0.25) is 0 Å². The highest BCUT2D eigenvalue weighted by Gasteiger charge is 2.31. The summed E-state index contributed by atoms with van der Waals surface area (Å²) in [5, 5.41) is 0. The Balaban J connectivity index is 1.93. The van der Waals surface area contributed by atoms with E-state index in [9.17, 15) is 26.4 Å². The number of rotatable bonds is 3. The van der Waals surface area contributed by atoms with Crippen LogP contribution in [0.15, 0.2) is 42.5 Å². The van der Waals surface area contributed by atoms with Crippen LogP contribution >= 0.6 is 0 Å². The van der Waals surface area contributed by atoms with Crippen LogP contribution in [-0.2, 0) is 22.6 Å². The zero-order valence-electron chi connectivity index (χ0n) is 14.6. The van der Waals surface area contributed by atoms with Crippen LogP contribution in [0.1, 0.15) is 21.5 Å². The minimum absolute atomic E-state index is 0.0929. The Bertz CT molecular complexity index is 1000. The van der Waals surface area contributed by atoms with Crippen LogP contribution in [0.3, 0.4) is 0 Å². The normalized spacial score (nSPS) is 14.2. The summed E-state index contributed by atoms with van der Waals surface area (Å²) in [7, 11) is -2.09. The highest BCUT2D eigenvalue weighted by atomic mass is 32.2. The molecular formula is C18H17F3N2O3S. The van der Waals surface area contributed by atoms with Gasteiger partial charge in [-0.1, -0.05) is 12.1 Å². The molecular weight excluding hydrogens is 381 g/mol. The molecule has 0 spiro atoms. The lowest BCUT2D eigenvalue weighted by Crippen LogP contribution is -2.29. The molecule has 0 unspecified atom stereocenters. The highest BCUT2D eigenvalue weighted by molar-refractivity contribution is 7.92. The standard InChI is InChI=1S/C18H17F3N2O3S/c1-22(15-5-3-4-14(11-15)18(19,20)21)17(24)13-7-6-12-8-9-23(16(12)10-13)27(2,25)26/h3-7,10-11H,8-9H2,1-2H3. The van der Waals surface area contributed by atoms with Crippen molar-refractivity contribution in [2.24, 2.45) is 0 Å². The van der Waals surface area contributed by atoms with Gasteiger partial charge in [-0.25, -0.2) is 8.42 Å². The first-order valence-corrected chi connectivity index (χ1v) is 9.89. The third-order valence-corrected chi connectivity index (χ3v) is 5.63. The van der Waals surface area contributed by atoms with Gasteiger partial charge in [0.2, 0.25) is 10.0 Å². The third kappa shape index (κ3) is 3.78. The fourth-order valence-corrected chi connectivity index (χ4v) is 3.98. The van der Waals surface area contributed by atoms with E-state index < -0.39 is 27.7 Å². The maximum absolute atomic E-state index is 12.9. The van der Waals surface area contributed by atoms with Gasteiger partial charge in [0.15, 0.2) is 0 Å². The van der Waals surface area contributed by atoms with Crippen LogP contribution in [0.4, 0.5) is 24.5 Å². The fraction of sp³-hybridized carbons (Fsp3) is 0.278. The molecule has 0 atom stereocenters. The average molecular weight is 398 g/mol. The van der Waals surface area contributed by atoms with Crippen molar-refractivity contribution in [1.29, 1.82) is 0 Å². The predicted octanol–water partition coefficient (Wildman–Crippen LogP) is 3.30. The molecule has 0 radical (unpaired) electrons. The first-order valence-electron chi connectivity index (χ1n) is 8.04. The van der Waals surface area contributed by atoms with E-state index in [0.29, 0.717) is 18.7 Å². The Hall–Kier alpha value is -2.55. The van der Waals surface area contributed by atoms with Gasteiger partial charge in [-0.05, 0) is 42.3 Å². The maximum atomic E-state index is 12.9. The van der Waals surface area contributed by atoms with Gasteiger partial charge >= 0.3 is 6.18 Å². The molecule has 2 aromatic rings. The van der Waals surface area contributed by atoms with E-state index in [-0.39, 0.29) is 11.3 Å². The Morgan fingerprint density at radius 1 is 1.15 bits per heavy atom. The maximum Gasteiger partial charge on any atom is 0.416 e. The Labute approximate surface area is 155 Å². The SMILES string of the molecule is CN(C(=O)c1ccc2c(c1)N(S(C)(=O)=O)CC2)c1cccc(C(F)(F)F)c1. The van der Waals surface area contributed by atoms with Crippen molar-refractivity contribution in [2.75, 3.05) is 29.1 Å². The van der Waals surface area contributed by atoms with E-state index in [1.54, 1.807) is 12.1 Å². The summed E-state index contributed by atoms with van der Waals surface area (Å²) in [5.74, 6) is -0.530. The highest BCUT2D eigenvalue weighted by Crippen LogP contribution is 2.33. The van der Waals surface area contributed by atoms with E-state index in [0.717, 1.165) is 28.9 Å². The van der Waals surface area contributed by atoms with Crippen molar-refractivity contribution < 1.29 is 26.4 Å². The van der Waals surface area contributed by atoms with Crippen molar-refractivity contribution in [3.8, 4) is 0 Å². The second kappa shape index (κ2) is 6.56. The largest absolute Gasteiger partial charge is 0.416 e. The third-order valence-electron chi connectivity index (χ3n) is 4.45. The summed E-state index contributed by atoms with van der Waals surface area (Å²) < 4.78 is 63.7. The summed E-state index contributed by atoms with van der Waals surface area (Å²) in [4.78, 5) is 13.8. The van der Waals surface area contributed by atoms with Gasteiger partial charge in [-0.3, -0.25) is 9.10 Å². The monoisotopic (exact) mass is 398 g/mol. The van der Waals surface area contributed by atoms with Crippen molar-refractivity contribution in [1.82, 2.24) is 0 Å². The van der Waals surface area contributed by atoms with Crippen LogP contribution in [0, 0.1) is 0 Å². The number of carbonyl (C=O) groups is 1. The van der Waals surface area contributed by atoms with Gasteiger partial charge in [0, 0.05) is 24.8 Å². The number of hydrogen-bond acceptors (Lipinski definition) is 3. The number of carbonyl (C=O) groups excluding carboxylic acids is 1. The number of nitrogens with zero attached hydrogens (tertiary/aromatic N) is 2. The minimum atomic E-state index is -4.51. The molecule has 5 nitrogen and oxygen atoms in total. The van der Waals surface area contributed by atoms with Gasteiger partial charge in [0.25, 0.3) is 5.91 Å². The molecule has 0 N–H and O–H groups in total. The number of anilines is 2. The van der Waals surface area contributed by atoms with Crippen molar-refractivity contribution in [3.63, 3.8) is 0 Å². The first kappa shape index (κ1) is 19.2. The smallest absolute Gasteiger partial charge is 0.311 e. The molecule has 27 heavy (non-hydrogen) atoms. The summed E-state index contributed by atoms with van der Waals surface area (Å²) in [6.45, 7) is 0.301. The van der Waals surface area contributed by atoms with Gasteiger partial charge in [-0.2, -0.15) is 13.2 Å². The number of alkyl halides is 3. The van der Waals surface area contributed by atoms with Gasteiger partial charge in [0.05, 0.1) is 17.5 Å². The van der Waals surface area contributed by atoms with E-state index in [2.05, 4.69) is 0 Å². The van der Waals surface area contributed by atoms with Gasteiger partial charge in [-0.15, -0.1) is 0 Å². The van der Waals surface area contributed by atoms with E-state index >= 15 is 0 Å². The number of benzene rings is 2. The van der Waals surface area contributed by atoms with E-state index in [1.165, 1.54) is 29.6 Å². The lowest BCUT2D eigenvalue weighted by molar-refractivity contribution is -0.137. The molecule has 1 heterocycles. The Kier molecular flexibility index (Phi) is 4.67. The second-order valence-electron chi connectivity index (χ2n) is 6.34. The molecule has 3 rings (SSSR count). The zero-order valence-corrected chi connectivity index (χ0v) is 15.4. The zero-order chi connectivity index (χ0) is 20.0. The molecule has 1 amide bonds. The van der Waals surface area contributed by atoms with Crippen LogP contribution in [0.25, 0.3) is 0 Å². The molecule has 0 saturated carbocycles. The quantitative estimate of drug-likeness (QED) is 0.797. The molecule has 0 saturated heterocycles. The molecule has 0 aromatic heterocycles. The molecule has 0 fully saturated rings. The summed E-state index contributed by atoms with van der Waals surface area (Å²) >= 11 is 0. The number of sulfonamides is 1. The molecule has 144 valence electrons. The minimum Gasteiger partial charge on any atom is -0.311 e. The number of amides is 1. The first-order chi connectivity index (χ1) is 12.5. The topological polar surface area (TPSA) is 57.7 Å². The van der Waals surface area contributed by atoms with Crippen LogP contribution < -0.4 is 9.21 Å². The molecule has 1 aliphatic heterocycles. The van der Waals surface area contributed by atoms with Crippen molar-refractivity contribution >= 4 is 27.3 Å². The predicted molar refractivity (Wildman–Crippen MR) is 96.5 cm³/mol. The molecule has 2 aromatic carbocycles. The van der Waals surface area contributed by atoms with E-state index in [4.69, 9.17) is 0 Å². The summed E-state index contributed by atoms with van der Waals surface area (Å²) in [5.41, 5.74) is 0.677. The molecule has 1 aliphatic rings. The molecule has 9 heteroatoms. The van der Waals surface area contributed by atoms with Crippen LogP contribution in [-0.4, -0.2) is 34.2 Å². The second-order valence-corrected chi connectivity index (χ2v) is 8.25.